The van der Waals surface area contributed by atoms with Crippen LogP contribution in [0, 0.1) is 22.7 Å². The van der Waals surface area contributed by atoms with E-state index in [2.05, 4.69) is 4.98 Å². The molecule has 0 aliphatic rings. The number of ether oxygens (including phenoxy) is 3. The first-order valence-corrected chi connectivity index (χ1v) is 8.34. The SMILES string of the molecule is COc1cc(OCCCC(=O)O)cc(OC)c1-c1c(C#N)c(N)[nH]c(=O)c1C#N. The van der Waals surface area contributed by atoms with Crippen LogP contribution in [0.5, 0.6) is 17.2 Å². The molecule has 2 rings (SSSR count). The van der Waals surface area contributed by atoms with Crippen LogP contribution < -0.4 is 25.5 Å². The van der Waals surface area contributed by atoms with Gasteiger partial charge in [-0.05, 0) is 6.42 Å². The van der Waals surface area contributed by atoms with Gasteiger partial charge in [-0.2, -0.15) is 10.5 Å². The summed E-state index contributed by atoms with van der Waals surface area (Å²) in [4.78, 5) is 25.1. The van der Waals surface area contributed by atoms with Gasteiger partial charge in [0.15, 0.2) is 0 Å². The van der Waals surface area contributed by atoms with Gasteiger partial charge in [0, 0.05) is 24.1 Å². The molecule has 1 heterocycles. The Morgan fingerprint density at radius 1 is 1.14 bits per heavy atom. The first-order chi connectivity index (χ1) is 13.9. The summed E-state index contributed by atoms with van der Waals surface area (Å²) in [5.41, 5.74) is 4.78. The number of aromatic amines is 1. The molecule has 4 N–H and O–H groups in total. The zero-order valence-corrected chi connectivity index (χ0v) is 15.7. The maximum Gasteiger partial charge on any atom is 0.303 e. The molecular formula is C19H18N4O6. The number of aliphatic carboxylic acids is 1. The van der Waals surface area contributed by atoms with Crippen molar-refractivity contribution in [1.29, 1.82) is 10.5 Å². The predicted octanol–water partition coefficient (Wildman–Crippen LogP) is 1.63. The van der Waals surface area contributed by atoms with E-state index in [9.17, 15) is 20.1 Å². The number of nitrogens with zero attached hydrogens (tertiary/aromatic N) is 2. The van der Waals surface area contributed by atoms with E-state index < -0.39 is 11.5 Å². The van der Waals surface area contributed by atoms with E-state index >= 15 is 0 Å². The minimum absolute atomic E-state index is 0.0117. The highest BCUT2D eigenvalue weighted by atomic mass is 16.5. The topological polar surface area (TPSA) is 171 Å². The average Bonchev–Trinajstić information content (AvgIpc) is 2.69. The average molecular weight is 398 g/mol. The second-order valence-corrected chi connectivity index (χ2v) is 5.76. The first-order valence-electron chi connectivity index (χ1n) is 8.34. The number of nitrogens with two attached hydrogens (primary N) is 1. The number of carboxylic acids is 1. The van der Waals surface area contributed by atoms with Gasteiger partial charge in [-0.15, -0.1) is 0 Å². The molecule has 1 aromatic carbocycles. The number of anilines is 1. The molecule has 0 saturated heterocycles. The van der Waals surface area contributed by atoms with Crippen molar-refractivity contribution in [1.82, 2.24) is 4.98 Å². The fraction of sp³-hybridized carbons (Fsp3) is 0.263. The van der Waals surface area contributed by atoms with Crippen LogP contribution in [0.2, 0.25) is 0 Å². The molecule has 0 saturated carbocycles. The van der Waals surface area contributed by atoms with Crippen LogP contribution in [0.25, 0.3) is 11.1 Å². The molecule has 29 heavy (non-hydrogen) atoms. The molecule has 0 amide bonds. The summed E-state index contributed by atoms with van der Waals surface area (Å²) in [6.07, 6.45) is 0.249. The van der Waals surface area contributed by atoms with Crippen molar-refractivity contribution in [2.24, 2.45) is 0 Å². The number of carbonyl (C=O) groups is 1. The van der Waals surface area contributed by atoms with Crippen molar-refractivity contribution in [2.45, 2.75) is 12.8 Å². The molecule has 150 valence electrons. The molecule has 10 heteroatoms. The fourth-order valence-corrected chi connectivity index (χ4v) is 2.72. The number of hydrogen-bond acceptors (Lipinski definition) is 8. The number of methoxy groups -OCH3 is 2. The molecule has 0 fully saturated rings. The van der Waals surface area contributed by atoms with Gasteiger partial charge in [-0.3, -0.25) is 9.59 Å². The van der Waals surface area contributed by atoms with Crippen LogP contribution in [0.1, 0.15) is 24.0 Å². The molecule has 0 spiro atoms. The van der Waals surface area contributed by atoms with Crippen LogP contribution in [0.15, 0.2) is 16.9 Å². The molecule has 0 bridgehead atoms. The molecule has 1 aromatic heterocycles. The third-order valence-electron chi connectivity index (χ3n) is 4.00. The van der Waals surface area contributed by atoms with Crippen molar-refractivity contribution < 1.29 is 24.1 Å². The Morgan fingerprint density at radius 3 is 2.21 bits per heavy atom. The van der Waals surface area contributed by atoms with E-state index in [1.165, 1.54) is 26.4 Å². The number of carboxylic acid groups (broad SMARTS) is 1. The maximum absolute atomic E-state index is 12.2. The summed E-state index contributed by atoms with van der Waals surface area (Å²) in [7, 11) is 2.72. The lowest BCUT2D eigenvalue weighted by Gasteiger charge is -2.18. The van der Waals surface area contributed by atoms with Crippen LogP contribution in [0.3, 0.4) is 0 Å². The second-order valence-electron chi connectivity index (χ2n) is 5.76. The van der Waals surface area contributed by atoms with Crippen molar-refractivity contribution >= 4 is 11.8 Å². The Hall–Kier alpha value is -4.18. The van der Waals surface area contributed by atoms with Gasteiger partial charge in [0.1, 0.15) is 46.3 Å². The van der Waals surface area contributed by atoms with Gasteiger partial charge >= 0.3 is 5.97 Å². The number of nitriles is 2. The molecule has 0 atom stereocenters. The highest BCUT2D eigenvalue weighted by Gasteiger charge is 2.25. The number of aromatic nitrogens is 1. The molecule has 0 aliphatic carbocycles. The van der Waals surface area contributed by atoms with E-state index in [-0.39, 0.29) is 52.6 Å². The van der Waals surface area contributed by atoms with Crippen LogP contribution >= 0.6 is 0 Å². The molecule has 2 aromatic rings. The van der Waals surface area contributed by atoms with Crippen LogP contribution in [-0.2, 0) is 4.79 Å². The number of H-pyrrole nitrogens is 1. The third kappa shape index (κ3) is 4.39. The highest BCUT2D eigenvalue weighted by Crippen LogP contribution is 2.44. The number of rotatable bonds is 8. The number of hydrogen-bond donors (Lipinski definition) is 3. The first kappa shape index (κ1) is 21.1. The van der Waals surface area contributed by atoms with Gasteiger partial charge in [0.25, 0.3) is 5.56 Å². The Bertz CT molecular complexity index is 1050. The molecule has 0 unspecified atom stereocenters. The second kappa shape index (κ2) is 9.15. The standard InChI is InChI=1S/C19H18N4O6/c1-27-13-6-10(29-5-3-4-15(24)25)7-14(28-2)17(13)16-11(8-20)18(22)23-19(26)12(16)9-21/h6-7H,3-5H2,1-2H3,(H,24,25)(H3,22,23,26). The Morgan fingerprint density at radius 2 is 1.72 bits per heavy atom. The van der Waals surface area contributed by atoms with E-state index in [4.69, 9.17) is 25.1 Å². The van der Waals surface area contributed by atoms with E-state index in [1.807, 2.05) is 6.07 Å². The Kier molecular flexibility index (Phi) is 6.66. The lowest BCUT2D eigenvalue weighted by molar-refractivity contribution is -0.137. The number of benzene rings is 1. The van der Waals surface area contributed by atoms with Crippen molar-refractivity contribution in [3.05, 3.63) is 33.6 Å². The maximum atomic E-state index is 12.2. The molecule has 0 radical (unpaired) electrons. The monoisotopic (exact) mass is 398 g/mol. The van der Waals surface area contributed by atoms with Crippen molar-refractivity contribution in [3.8, 4) is 40.5 Å². The summed E-state index contributed by atoms with van der Waals surface area (Å²) in [6, 6.07) is 6.64. The minimum atomic E-state index is -0.931. The third-order valence-corrected chi connectivity index (χ3v) is 4.00. The number of nitrogens with one attached hydrogen (secondary N) is 1. The Labute approximate surface area is 165 Å². The lowest BCUT2D eigenvalue weighted by atomic mass is 9.94. The number of pyridine rings is 1. The summed E-state index contributed by atoms with van der Waals surface area (Å²) >= 11 is 0. The van der Waals surface area contributed by atoms with E-state index in [0.717, 1.165) is 0 Å². The van der Waals surface area contributed by atoms with Gasteiger partial charge < -0.3 is 30.0 Å². The largest absolute Gasteiger partial charge is 0.496 e. The predicted molar refractivity (Wildman–Crippen MR) is 102 cm³/mol. The molecule has 10 nitrogen and oxygen atoms in total. The molecule has 0 aliphatic heterocycles. The normalized spacial score (nSPS) is 9.93. The quantitative estimate of drug-likeness (QED) is 0.559. The smallest absolute Gasteiger partial charge is 0.303 e. The van der Waals surface area contributed by atoms with Crippen molar-refractivity contribution in [3.63, 3.8) is 0 Å². The Balaban J connectivity index is 2.66. The number of nitrogen functional groups attached to an aromatic ring is 1. The zero-order valence-electron chi connectivity index (χ0n) is 15.7. The van der Waals surface area contributed by atoms with Gasteiger partial charge in [0.2, 0.25) is 0 Å². The zero-order chi connectivity index (χ0) is 21.6. The molecular weight excluding hydrogens is 380 g/mol. The summed E-state index contributed by atoms with van der Waals surface area (Å²) in [6.45, 7) is 0.142. The van der Waals surface area contributed by atoms with Gasteiger partial charge in [-0.25, -0.2) is 0 Å². The fourth-order valence-electron chi connectivity index (χ4n) is 2.72. The van der Waals surface area contributed by atoms with E-state index in [1.54, 1.807) is 6.07 Å². The lowest BCUT2D eigenvalue weighted by Crippen LogP contribution is -2.16. The highest BCUT2D eigenvalue weighted by molar-refractivity contribution is 5.87. The van der Waals surface area contributed by atoms with Crippen LogP contribution in [-0.4, -0.2) is 36.9 Å². The minimum Gasteiger partial charge on any atom is -0.496 e. The van der Waals surface area contributed by atoms with E-state index in [0.29, 0.717) is 12.2 Å². The van der Waals surface area contributed by atoms with Crippen LogP contribution in [0.4, 0.5) is 5.82 Å². The summed E-state index contributed by atoms with van der Waals surface area (Å²) in [5.74, 6) is -0.447. The van der Waals surface area contributed by atoms with Gasteiger partial charge in [-0.1, -0.05) is 0 Å². The van der Waals surface area contributed by atoms with Gasteiger partial charge in [0.05, 0.1) is 26.4 Å². The summed E-state index contributed by atoms with van der Waals surface area (Å²) < 4.78 is 16.3. The van der Waals surface area contributed by atoms with Crippen molar-refractivity contribution in [2.75, 3.05) is 26.6 Å². The summed E-state index contributed by atoms with van der Waals surface area (Å²) in [5, 5.41) is 27.7.